The number of benzene rings is 1. The highest BCUT2D eigenvalue weighted by Gasteiger charge is 2.06. The Labute approximate surface area is 105 Å². The van der Waals surface area contributed by atoms with Gasteiger partial charge in [0.1, 0.15) is 11.5 Å². The number of halogens is 1. The number of carbonyl (C=O) groups excluding carboxylic acids is 1. The Morgan fingerprint density at radius 3 is 2.71 bits per heavy atom. The van der Waals surface area contributed by atoms with Gasteiger partial charge in [0.05, 0.1) is 5.02 Å². The summed E-state index contributed by atoms with van der Waals surface area (Å²) < 4.78 is 5.58. The van der Waals surface area contributed by atoms with Gasteiger partial charge in [-0.2, -0.15) is 0 Å². The van der Waals surface area contributed by atoms with Crippen LogP contribution in [0.4, 0.5) is 0 Å². The average Bonchev–Trinajstić information content (AvgIpc) is 2.75. The SMILES string of the molecule is CC(=O)C=Cc1ccc(-c2ccccc2Cl)o1. The Kier molecular flexibility index (Phi) is 3.45. The summed E-state index contributed by atoms with van der Waals surface area (Å²) in [5.41, 5.74) is 0.844. The molecule has 0 amide bonds. The maximum atomic E-state index is 10.8. The van der Waals surface area contributed by atoms with E-state index in [1.807, 2.05) is 30.3 Å². The molecule has 0 unspecified atom stereocenters. The topological polar surface area (TPSA) is 30.2 Å². The van der Waals surface area contributed by atoms with E-state index in [1.54, 1.807) is 12.1 Å². The lowest BCUT2D eigenvalue weighted by molar-refractivity contribution is -0.112. The highest BCUT2D eigenvalue weighted by Crippen LogP contribution is 2.29. The fraction of sp³-hybridized carbons (Fsp3) is 0.0714. The standard InChI is InChI=1S/C14H11ClO2/c1-10(16)6-7-11-8-9-14(17-11)12-4-2-3-5-13(12)15/h2-9H,1H3. The van der Waals surface area contributed by atoms with Crippen molar-refractivity contribution in [1.82, 2.24) is 0 Å². The van der Waals surface area contributed by atoms with Crippen molar-refractivity contribution in [2.24, 2.45) is 0 Å². The second-order valence-electron chi connectivity index (χ2n) is 3.63. The molecule has 0 spiro atoms. The number of carbonyl (C=O) groups is 1. The first kappa shape index (κ1) is 11.7. The van der Waals surface area contributed by atoms with Crippen molar-refractivity contribution in [1.29, 1.82) is 0 Å². The van der Waals surface area contributed by atoms with Gasteiger partial charge in [0.2, 0.25) is 0 Å². The lowest BCUT2D eigenvalue weighted by Gasteiger charge is -1.98. The second-order valence-corrected chi connectivity index (χ2v) is 4.03. The van der Waals surface area contributed by atoms with E-state index in [1.165, 1.54) is 13.0 Å². The number of hydrogen-bond acceptors (Lipinski definition) is 2. The summed E-state index contributed by atoms with van der Waals surface area (Å²) in [6.07, 6.45) is 3.11. The summed E-state index contributed by atoms with van der Waals surface area (Å²) in [4.78, 5) is 10.8. The van der Waals surface area contributed by atoms with Crippen molar-refractivity contribution in [2.75, 3.05) is 0 Å². The summed E-state index contributed by atoms with van der Waals surface area (Å²) in [5, 5.41) is 0.643. The summed E-state index contributed by atoms with van der Waals surface area (Å²) in [6, 6.07) is 11.1. The minimum Gasteiger partial charge on any atom is -0.457 e. The molecule has 3 heteroatoms. The lowest BCUT2D eigenvalue weighted by atomic mass is 10.2. The van der Waals surface area contributed by atoms with Crippen LogP contribution in [0.2, 0.25) is 5.02 Å². The monoisotopic (exact) mass is 246 g/mol. The molecular weight excluding hydrogens is 236 g/mol. The molecular formula is C14H11ClO2. The molecule has 0 N–H and O–H groups in total. The fourth-order valence-electron chi connectivity index (χ4n) is 1.45. The van der Waals surface area contributed by atoms with Crippen LogP contribution in [-0.2, 0) is 4.79 Å². The molecule has 2 nitrogen and oxygen atoms in total. The van der Waals surface area contributed by atoms with Crippen LogP contribution in [0, 0.1) is 0 Å². The van der Waals surface area contributed by atoms with Gasteiger partial charge in [0.25, 0.3) is 0 Å². The summed E-state index contributed by atoms with van der Waals surface area (Å²) >= 11 is 6.06. The van der Waals surface area contributed by atoms with Gasteiger partial charge in [-0.1, -0.05) is 23.7 Å². The molecule has 1 heterocycles. The van der Waals surface area contributed by atoms with Crippen LogP contribution < -0.4 is 0 Å². The predicted octanol–water partition coefficient (Wildman–Crippen LogP) is 4.20. The van der Waals surface area contributed by atoms with Crippen molar-refractivity contribution in [3.05, 3.63) is 53.3 Å². The first-order valence-corrected chi connectivity index (χ1v) is 5.58. The number of rotatable bonds is 3. The maximum Gasteiger partial charge on any atom is 0.152 e. The van der Waals surface area contributed by atoms with E-state index in [0.29, 0.717) is 16.5 Å². The van der Waals surface area contributed by atoms with Crippen LogP contribution in [-0.4, -0.2) is 5.78 Å². The number of hydrogen-bond donors (Lipinski definition) is 0. The molecule has 0 bridgehead atoms. The molecule has 0 aliphatic heterocycles. The molecule has 0 radical (unpaired) electrons. The normalized spacial score (nSPS) is 10.9. The molecule has 0 atom stereocenters. The van der Waals surface area contributed by atoms with Gasteiger partial charge in [0.15, 0.2) is 5.78 Å². The molecule has 86 valence electrons. The largest absolute Gasteiger partial charge is 0.457 e. The Balaban J connectivity index is 2.30. The van der Waals surface area contributed by atoms with Crippen molar-refractivity contribution in [2.45, 2.75) is 6.92 Å². The molecule has 2 rings (SSSR count). The molecule has 17 heavy (non-hydrogen) atoms. The summed E-state index contributed by atoms with van der Waals surface area (Å²) in [6.45, 7) is 1.49. The van der Waals surface area contributed by atoms with E-state index >= 15 is 0 Å². The minimum absolute atomic E-state index is 0.0132. The fourth-order valence-corrected chi connectivity index (χ4v) is 1.68. The first-order chi connectivity index (χ1) is 8.16. The van der Waals surface area contributed by atoms with Gasteiger partial charge in [-0.25, -0.2) is 0 Å². The molecule has 0 saturated heterocycles. The maximum absolute atomic E-state index is 10.8. The summed E-state index contributed by atoms with van der Waals surface area (Å²) in [7, 11) is 0. The number of ketones is 1. The van der Waals surface area contributed by atoms with E-state index < -0.39 is 0 Å². The average molecular weight is 247 g/mol. The molecule has 0 saturated carbocycles. The third-order valence-corrected chi connectivity index (χ3v) is 2.58. The van der Waals surface area contributed by atoms with E-state index in [0.717, 1.165) is 5.56 Å². The molecule has 0 aliphatic carbocycles. The number of furan rings is 1. The van der Waals surface area contributed by atoms with Crippen molar-refractivity contribution < 1.29 is 9.21 Å². The Bertz CT molecular complexity index is 567. The van der Waals surface area contributed by atoms with Crippen LogP contribution in [0.3, 0.4) is 0 Å². The van der Waals surface area contributed by atoms with Gasteiger partial charge < -0.3 is 4.42 Å². The van der Waals surface area contributed by atoms with Crippen LogP contribution >= 0.6 is 11.6 Å². The van der Waals surface area contributed by atoms with Crippen molar-refractivity contribution in [3.63, 3.8) is 0 Å². The van der Waals surface area contributed by atoms with Crippen molar-refractivity contribution in [3.8, 4) is 11.3 Å². The highest BCUT2D eigenvalue weighted by atomic mass is 35.5. The van der Waals surface area contributed by atoms with E-state index in [9.17, 15) is 4.79 Å². The molecule has 1 aromatic carbocycles. The zero-order valence-corrected chi connectivity index (χ0v) is 10.1. The van der Waals surface area contributed by atoms with E-state index in [4.69, 9.17) is 16.0 Å². The van der Waals surface area contributed by atoms with Gasteiger partial charge >= 0.3 is 0 Å². The zero-order chi connectivity index (χ0) is 12.3. The smallest absolute Gasteiger partial charge is 0.152 e. The Morgan fingerprint density at radius 2 is 2.00 bits per heavy atom. The van der Waals surface area contributed by atoms with Gasteiger partial charge in [-0.05, 0) is 43.3 Å². The van der Waals surface area contributed by atoms with Crippen LogP contribution in [0.25, 0.3) is 17.4 Å². The van der Waals surface area contributed by atoms with Gasteiger partial charge in [-0.3, -0.25) is 4.79 Å². The predicted molar refractivity (Wildman–Crippen MR) is 68.9 cm³/mol. The van der Waals surface area contributed by atoms with Crippen LogP contribution in [0.1, 0.15) is 12.7 Å². The Morgan fingerprint density at radius 1 is 1.24 bits per heavy atom. The van der Waals surface area contributed by atoms with Crippen LogP contribution in [0.5, 0.6) is 0 Å². The Hall–Kier alpha value is -1.80. The molecule has 2 aromatic rings. The second kappa shape index (κ2) is 5.02. The van der Waals surface area contributed by atoms with Gasteiger partial charge in [-0.15, -0.1) is 0 Å². The van der Waals surface area contributed by atoms with Crippen LogP contribution in [0.15, 0.2) is 46.9 Å². The molecule has 0 fully saturated rings. The highest BCUT2D eigenvalue weighted by molar-refractivity contribution is 6.33. The quantitative estimate of drug-likeness (QED) is 0.760. The third-order valence-electron chi connectivity index (χ3n) is 2.25. The third kappa shape index (κ3) is 2.86. The van der Waals surface area contributed by atoms with E-state index in [2.05, 4.69) is 0 Å². The van der Waals surface area contributed by atoms with E-state index in [-0.39, 0.29) is 5.78 Å². The first-order valence-electron chi connectivity index (χ1n) is 5.20. The minimum atomic E-state index is -0.0132. The number of allylic oxidation sites excluding steroid dienone is 1. The lowest BCUT2D eigenvalue weighted by Crippen LogP contribution is -1.78. The van der Waals surface area contributed by atoms with Gasteiger partial charge in [0, 0.05) is 5.56 Å². The summed E-state index contributed by atoms with van der Waals surface area (Å²) in [5.74, 6) is 1.31. The van der Waals surface area contributed by atoms with Crippen molar-refractivity contribution >= 4 is 23.5 Å². The zero-order valence-electron chi connectivity index (χ0n) is 9.31. The molecule has 0 aliphatic rings. The molecule has 1 aromatic heterocycles.